The summed E-state index contributed by atoms with van der Waals surface area (Å²) in [6.07, 6.45) is 1.33. The van der Waals surface area contributed by atoms with E-state index >= 15 is 0 Å². The first-order valence-corrected chi connectivity index (χ1v) is 10.7. The van der Waals surface area contributed by atoms with Crippen molar-refractivity contribution in [1.29, 1.82) is 0 Å². The molecule has 4 saturated heterocycles. The molecule has 4 aliphatic heterocycles. The molecule has 27 heavy (non-hydrogen) atoms. The molecule has 0 aromatic heterocycles. The van der Waals surface area contributed by atoms with E-state index < -0.39 is 0 Å². The topological polar surface area (TPSA) is 37.4 Å². The van der Waals surface area contributed by atoms with Crippen LogP contribution in [0.25, 0.3) is 0 Å². The van der Waals surface area contributed by atoms with E-state index in [4.69, 9.17) is 14.2 Å². The van der Waals surface area contributed by atoms with E-state index in [0.717, 1.165) is 72.1 Å². The second-order valence-electron chi connectivity index (χ2n) is 10.7. The van der Waals surface area contributed by atoms with Gasteiger partial charge in [-0.25, -0.2) is 0 Å². The Morgan fingerprint density at radius 1 is 0.926 bits per heavy atom. The number of morpholine rings is 2. The van der Waals surface area contributed by atoms with E-state index in [-0.39, 0.29) is 22.8 Å². The lowest BCUT2D eigenvalue weighted by Crippen LogP contribution is -2.69. The molecule has 0 N–H and O–H groups in total. The zero-order chi connectivity index (χ0) is 19.3. The van der Waals surface area contributed by atoms with Crippen LogP contribution in [0.15, 0.2) is 0 Å². The van der Waals surface area contributed by atoms with Crippen molar-refractivity contribution in [1.82, 2.24) is 14.7 Å². The third kappa shape index (κ3) is 4.21. The van der Waals surface area contributed by atoms with E-state index in [2.05, 4.69) is 49.3 Å². The third-order valence-electron chi connectivity index (χ3n) is 7.02. The molecule has 2 atom stereocenters. The lowest BCUT2D eigenvalue weighted by molar-refractivity contribution is -0.273. The summed E-state index contributed by atoms with van der Waals surface area (Å²) in [6.45, 7) is 21.5. The molecule has 0 saturated carbocycles. The minimum absolute atomic E-state index is 0.0812. The minimum Gasteiger partial charge on any atom is -0.378 e. The van der Waals surface area contributed by atoms with Gasteiger partial charge in [0.05, 0.1) is 32.5 Å². The van der Waals surface area contributed by atoms with Gasteiger partial charge < -0.3 is 14.2 Å². The van der Waals surface area contributed by atoms with Crippen molar-refractivity contribution >= 4 is 0 Å². The monoisotopic (exact) mass is 381 g/mol. The highest BCUT2D eigenvalue weighted by atomic mass is 16.6. The summed E-state index contributed by atoms with van der Waals surface area (Å²) in [5.41, 5.74) is 0.211. The van der Waals surface area contributed by atoms with Crippen molar-refractivity contribution in [3.05, 3.63) is 0 Å². The van der Waals surface area contributed by atoms with Gasteiger partial charge in [-0.05, 0) is 41.0 Å². The molecular formula is C21H39N3O3. The van der Waals surface area contributed by atoms with Gasteiger partial charge in [0.1, 0.15) is 5.60 Å². The number of ether oxygens (including phenoxy) is 3. The van der Waals surface area contributed by atoms with Gasteiger partial charge in [0, 0.05) is 56.4 Å². The molecule has 0 radical (unpaired) electrons. The molecular weight excluding hydrogens is 342 g/mol. The van der Waals surface area contributed by atoms with E-state index in [9.17, 15) is 0 Å². The fraction of sp³-hybridized carbons (Fsp3) is 1.00. The highest BCUT2D eigenvalue weighted by Crippen LogP contribution is 2.36. The molecule has 4 heterocycles. The molecule has 0 bridgehead atoms. The van der Waals surface area contributed by atoms with Gasteiger partial charge in [0.2, 0.25) is 0 Å². The Balaban J connectivity index is 1.41. The third-order valence-corrected chi connectivity index (χ3v) is 7.02. The Morgan fingerprint density at radius 3 is 2.37 bits per heavy atom. The maximum atomic E-state index is 6.64. The Morgan fingerprint density at radius 2 is 1.70 bits per heavy atom. The molecule has 0 aromatic rings. The minimum atomic E-state index is -0.0812. The molecule has 4 aliphatic rings. The van der Waals surface area contributed by atoms with Gasteiger partial charge in [-0.1, -0.05) is 0 Å². The largest absolute Gasteiger partial charge is 0.378 e. The fourth-order valence-electron chi connectivity index (χ4n) is 5.18. The van der Waals surface area contributed by atoms with Gasteiger partial charge >= 0.3 is 0 Å². The standard InChI is InChI=1S/C21H39N3O3/c1-19(2,3)24-12-18(27-21(14-24)15-26-16-21)10-20(4,5)23-7-6-22-8-9-25-13-17(22)11-23/h17-18H,6-16H2,1-5H3. The molecule has 1 spiro atoms. The van der Waals surface area contributed by atoms with E-state index in [1.54, 1.807) is 0 Å². The van der Waals surface area contributed by atoms with E-state index in [1.807, 2.05) is 0 Å². The molecule has 6 nitrogen and oxygen atoms in total. The molecule has 4 rings (SSSR count). The predicted molar refractivity (Wildman–Crippen MR) is 106 cm³/mol. The van der Waals surface area contributed by atoms with Crippen molar-refractivity contribution in [2.24, 2.45) is 0 Å². The summed E-state index contributed by atoms with van der Waals surface area (Å²) in [7, 11) is 0. The number of piperazine rings is 1. The van der Waals surface area contributed by atoms with Gasteiger partial charge in [-0.3, -0.25) is 14.7 Å². The van der Waals surface area contributed by atoms with Gasteiger partial charge in [-0.2, -0.15) is 0 Å². The quantitative estimate of drug-likeness (QED) is 0.736. The van der Waals surface area contributed by atoms with Crippen LogP contribution >= 0.6 is 0 Å². The number of fused-ring (bicyclic) bond motifs is 1. The second-order valence-corrected chi connectivity index (χ2v) is 10.7. The first-order valence-electron chi connectivity index (χ1n) is 10.7. The number of hydrogen-bond acceptors (Lipinski definition) is 6. The van der Waals surface area contributed by atoms with Crippen molar-refractivity contribution in [2.45, 2.75) is 69.9 Å². The Labute approximate surface area is 165 Å². The summed E-state index contributed by atoms with van der Waals surface area (Å²) < 4.78 is 17.9. The Bertz CT molecular complexity index is 529. The zero-order valence-corrected chi connectivity index (χ0v) is 18.0. The van der Waals surface area contributed by atoms with Crippen LogP contribution in [-0.2, 0) is 14.2 Å². The first-order chi connectivity index (χ1) is 12.7. The smallest absolute Gasteiger partial charge is 0.128 e. The maximum Gasteiger partial charge on any atom is 0.128 e. The van der Waals surface area contributed by atoms with Crippen LogP contribution in [0.3, 0.4) is 0 Å². The van der Waals surface area contributed by atoms with Crippen LogP contribution in [0.5, 0.6) is 0 Å². The summed E-state index contributed by atoms with van der Waals surface area (Å²) in [5.74, 6) is 0. The van der Waals surface area contributed by atoms with Crippen LogP contribution < -0.4 is 0 Å². The summed E-state index contributed by atoms with van der Waals surface area (Å²) >= 11 is 0. The predicted octanol–water partition coefficient (Wildman–Crippen LogP) is 1.44. The average Bonchev–Trinajstić information content (AvgIpc) is 2.58. The second kappa shape index (κ2) is 7.22. The van der Waals surface area contributed by atoms with Gasteiger partial charge in [0.15, 0.2) is 0 Å². The van der Waals surface area contributed by atoms with Crippen LogP contribution in [0.4, 0.5) is 0 Å². The van der Waals surface area contributed by atoms with Crippen LogP contribution in [-0.4, -0.2) is 109 Å². The molecule has 156 valence electrons. The van der Waals surface area contributed by atoms with Crippen molar-refractivity contribution in [3.63, 3.8) is 0 Å². The SMILES string of the molecule is CC(C)(C)N1CC(CC(C)(C)N2CCN3CCOCC3C2)OC2(COC2)C1. The molecule has 6 heteroatoms. The van der Waals surface area contributed by atoms with Gasteiger partial charge in [-0.15, -0.1) is 0 Å². The van der Waals surface area contributed by atoms with E-state index in [0.29, 0.717) is 6.04 Å². The summed E-state index contributed by atoms with van der Waals surface area (Å²) in [4.78, 5) is 7.88. The molecule has 4 fully saturated rings. The fourth-order valence-corrected chi connectivity index (χ4v) is 5.18. The lowest BCUT2D eigenvalue weighted by Gasteiger charge is -2.56. The van der Waals surface area contributed by atoms with Gasteiger partial charge in [0.25, 0.3) is 0 Å². The highest BCUT2D eigenvalue weighted by Gasteiger charge is 2.50. The zero-order valence-electron chi connectivity index (χ0n) is 18.0. The van der Waals surface area contributed by atoms with E-state index in [1.165, 1.54) is 0 Å². The molecule has 2 unspecified atom stereocenters. The summed E-state index contributed by atoms with van der Waals surface area (Å²) in [6, 6.07) is 0.552. The van der Waals surface area contributed by atoms with Crippen molar-refractivity contribution in [2.75, 3.05) is 65.7 Å². The van der Waals surface area contributed by atoms with Crippen molar-refractivity contribution < 1.29 is 14.2 Å². The number of nitrogens with zero attached hydrogens (tertiary/aromatic N) is 3. The normalized spacial score (nSPS) is 33.7. The Kier molecular flexibility index (Phi) is 5.36. The summed E-state index contributed by atoms with van der Waals surface area (Å²) in [5, 5.41) is 0. The first kappa shape index (κ1) is 20.0. The molecule has 0 amide bonds. The van der Waals surface area contributed by atoms with Crippen molar-refractivity contribution in [3.8, 4) is 0 Å². The molecule has 0 aliphatic carbocycles. The number of rotatable bonds is 3. The van der Waals surface area contributed by atoms with Crippen LogP contribution in [0.1, 0.15) is 41.0 Å². The highest BCUT2D eigenvalue weighted by molar-refractivity contribution is 5.01. The number of hydrogen-bond donors (Lipinski definition) is 0. The lowest BCUT2D eigenvalue weighted by atomic mass is 9.88. The van der Waals surface area contributed by atoms with Crippen LogP contribution in [0.2, 0.25) is 0 Å². The average molecular weight is 382 g/mol. The molecule has 0 aromatic carbocycles. The van der Waals surface area contributed by atoms with Crippen LogP contribution in [0, 0.1) is 0 Å². The Hall–Kier alpha value is -0.240. The maximum absolute atomic E-state index is 6.64.